The van der Waals surface area contributed by atoms with Gasteiger partial charge in [-0.05, 0) is 0 Å². The molecule has 0 aliphatic rings. The third-order valence-electron chi connectivity index (χ3n) is 1.07. The van der Waals surface area contributed by atoms with Gasteiger partial charge in [-0.1, -0.05) is 6.58 Å². The van der Waals surface area contributed by atoms with Crippen molar-refractivity contribution in [1.82, 2.24) is 0 Å². The van der Waals surface area contributed by atoms with Crippen molar-refractivity contribution >= 4 is 5.97 Å². The van der Waals surface area contributed by atoms with Gasteiger partial charge < -0.3 is 9.47 Å². The Bertz CT molecular complexity index is 145. The normalized spacial score (nSPS) is 9.62. The molecule has 0 saturated heterocycles. The van der Waals surface area contributed by atoms with Gasteiger partial charge >= 0.3 is 5.97 Å². The summed E-state index contributed by atoms with van der Waals surface area (Å²) in [5.41, 5.74) is 0. The SMILES string of the molecule is C=CC(=O)OCCOCCOOC. The zero-order valence-electron chi connectivity index (χ0n) is 7.65. The van der Waals surface area contributed by atoms with Gasteiger partial charge in [0.1, 0.15) is 13.2 Å². The Hall–Kier alpha value is -0.910. The summed E-state index contributed by atoms with van der Waals surface area (Å²) in [5, 5.41) is 0. The van der Waals surface area contributed by atoms with Crippen LogP contribution in [0.3, 0.4) is 0 Å². The highest BCUT2D eigenvalue weighted by Crippen LogP contribution is 1.82. The number of hydrogen-bond donors (Lipinski definition) is 0. The Labute approximate surface area is 77.1 Å². The monoisotopic (exact) mass is 190 g/mol. The average molecular weight is 190 g/mol. The lowest BCUT2D eigenvalue weighted by molar-refractivity contribution is -0.277. The van der Waals surface area contributed by atoms with Crippen molar-refractivity contribution in [1.29, 1.82) is 0 Å². The lowest BCUT2D eigenvalue weighted by atomic mass is 10.6. The molecular weight excluding hydrogens is 176 g/mol. The molecule has 0 heterocycles. The van der Waals surface area contributed by atoms with Crippen molar-refractivity contribution in [2.24, 2.45) is 0 Å². The molecule has 13 heavy (non-hydrogen) atoms. The second-order valence-corrected chi connectivity index (χ2v) is 1.97. The first-order chi connectivity index (χ1) is 6.31. The Morgan fingerprint density at radius 2 is 2.00 bits per heavy atom. The fourth-order valence-corrected chi connectivity index (χ4v) is 0.538. The minimum atomic E-state index is -0.447. The summed E-state index contributed by atoms with van der Waals surface area (Å²) in [5.74, 6) is -0.447. The van der Waals surface area contributed by atoms with Gasteiger partial charge in [0.05, 0.1) is 20.3 Å². The molecule has 0 aromatic heterocycles. The number of carbonyl (C=O) groups is 1. The molecule has 0 radical (unpaired) electrons. The number of esters is 1. The molecule has 0 aliphatic heterocycles. The molecule has 0 atom stereocenters. The maximum absolute atomic E-state index is 10.5. The van der Waals surface area contributed by atoms with Crippen molar-refractivity contribution in [2.75, 3.05) is 33.5 Å². The molecule has 76 valence electrons. The van der Waals surface area contributed by atoms with Crippen LogP contribution in [0.15, 0.2) is 12.7 Å². The summed E-state index contributed by atoms with van der Waals surface area (Å²) < 4.78 is 9.66. The van der Waals surface area contributed by atoms with Crippen molar-refractivity contribution < 1.29 is 24.0 Å². The van der Waals surface area contributed by atoms with E-state index in [1.165, 1.54) is 7.11 Å². The van der Waals surface area contributed by atoms with Crippen molar-refractivity contribution in [2.45, 2.75) is 0 Å². The lowest BCUT2D eigenvalue weighted by Gasteiger charge is -2.03. The van der Waals surface area contributed by atoms with Crippen LogP contribution < -0.4 is 0 Å². The van der Waals surface area contributed by atoms with E-state index in [4.69, 9.17) is 4.74 Å². The van der Waals surface area contributed by atoms with Gasteiger partial charge in [0.15, 0.2) is 0 Å². The number of hydrogen-bond acceptors (Lipinski definition) is 5. The van der Waals surface area contributed by atoms with E-state index in [2.05, 4.69) is 21.1 Å². The van der Waals surface area contributed by atoms with Gasteiger partial charge in [-0.15, -0.1) is 0 Å². The molecule has 0 amide bonds. The van der Waals surface area contributed by atoms with E-state index in [0.29, 0.717) is 19.8 Å². The third-order valence-corrected chi connectivity index (χ3v) is 1.07. The molecule has 5 heteroatoms. The van der Waals surface area contributed by atoms with Crippen LogP contribution in [0.1, 0.15) is 0 Å². The fourth-order valence-electron chi connectivity index (χ4n) is 0.538. The summed E-state index contributed by atoms with van der Waals surface area (Å²) in [6.45, 7) is 4.56. The maximum atomic E-state index is 10.5. The predicted molar refractivity (Wildman–Crippen MR) is 44.9 cm³/mol. The molecule has 0 saturated carbocycles. The van der Waals surface area contributed by atoms with Crippen LogP contribution in [-0.2, 0) is 24.0 Å². The molecule has 0 N–H and O–H groups in total. The van der Waals surface area contributed by atoms with E-state index in [1.807, 2.05) is 0 Å². The summed E-state index contributed by atoms with van der Waals surface area (Å²) in [7, 11) is 1.42. The van der Waals surface area contributed by atoms with Crippen LogP contribution in [0, 0.1) is 0 Å². The van der Waals surface area contributed by atoms with Crippen LogP contribution in [0.5, 0.6) is 0 Å². The predicted octanol–water partition coefficient (Wildman–Crippen LogP) is 0.310. The summed E-state index contributed by atoms with van der Waals surface area (Å²) in [4.78, 5) is 19.4. The standard InChI is InChI=1S/C8H14O5/c1-3-8(9)12-6-4-11-5-7-13-10-2/h3H,1,4-7H2,2H3. The number of ether oxygens (including phenoxy) is 2. The number of carbonyl (C=O) groups excluding carboxylic acids is 1. The molecule has 0 aromatic rings. The van der Waals surface area contributed by atoms with Crippen LogP contribution in [0.2, 0.25) is 0 Å². The molecule has 0 unspecified atom stereocenters. The second kappa shape index (κ2) is 9.18. The van der Waals surface area contributed by atoms with E-state index < -0.39 is 5.97 Å². The van der Waals surface area contributed by atoms with E-state index >= 15 is 0 Å². The minimum absolute atomic E-state index is 0.220. The first-order valence-corrected chi connectivity index (χ1v) is 3.83. The highest BCUT2D eigenvalue weighted by molar-refractivity contribution is 5.81. The molecule has 0 spiro atoms. The fraction of sp³-hybridized carbons (Fsp3) is 0.625. The Balaban J connectivity index is 2.99. The summed E-state index contributed by atoms with van der Waals surface area (Å²) in [6, 6.07) is 0. The van der Waals surface area contributed by atoms with Gasteiger partial charge in [-0.2, -0.15) is 0 Å². The van der Waals surface area contributed by atoms with E-state index in [9.17, 15) is 4.79 Å². The van der Waals surface area contributed by atoms with E-state index in [-0.39, 0.29) is 6.61 Å². The van der Waals surface area contributed by atoms with Gasteiger partial charge in [-0.3, -0.25) is 0 Å². The first kappa shape index (κ1) is 12.1. The van der Waals surface area contributed by atoms with Crippen molar-refractivity contribution in [3.63, 3.8) is 0 Å². The van der Waals surface area contributed by atoms with E-state index in [1.54, 1.807) is 0 Å². The molecular formula is C8H14O5. The van der Waals surface area contributed by atoms with E-state index in [0.717, 1.165) is 6.08 Å². The van der Waals surface area contributed by atoms with Gasteiger partial charge in [0.25, 0.3) is 0 Å². The molecule has 5 nitrogen and oxygen atoms in total. The average Bonchev–Trinajstić information content (AvgIpc) is 2.16. The van der Waals surface area contributed by atoms with Gasteiger partial charge in [-0.25, -0.2) is 14.6 Å². The van der Waals surface area contributed by atoms with Crippen LogP contribution >= 0.6 is 0 Å². The Morgan fingerprint density at radius 1 is 1.31 bits per heavy atom. The Kier molecular flexibility index (Phi) is 8.54. The zero-order valence-corrected chi connectivity index (χ0v) is 7.65. The molecule has 0 rings (SSSR count). The molecule has 0 bridgehead atoms. The van der Waals surface area contributed by atoms with Crippen LogP contribution in [-0.4, -0.2) is 39.5 Å². The summed E-state index contributed by atoms with van der Waals surface area (Å²) >= 11 is 0. The minimum Gasteiger partial charge on any atom is -0.460 e. The quantitative estimate of drug-likeness (QED) is 0.181. The first-order valence-electron chi connectivity index (χ1n) is 3.83. The van der Waals surface area contributed by atoms with Crippen LogP contribution in [0.4, 0.5) is 0 Å². The highest BCUT2D eigenvalue weighted by Gasteiger charge is 1.94. The van der Waals surface area contributed by atoms with Crippen molar-refractivity contribution in [3.05, 3.63) is 12.7 Å². The second-order valence-electron chi connectivity index (χ2n) is 1.97. The highest BCUT2D eigenvalue weighted by atomic mass is 17.2. The Morgan fingerprint density at radius 3 is 2.62 bits per heavy atom. The largest absolute Gasteiger partial charge is 0.460 e. The zero-order chi connectivity index (χ0) is 9.94. The number of rotatable bonds is 8. The van der Waals surface area contributed by atoms with Crippen molar-refractivity contribution in [3.8, 4) is 0 Å². The maximum Gasteiger partial charge on any atom is 0.330 e. The van der Waals surface area contributed by atoms with Crippen LogP contribution in [0.25, 0.3) is 0 Å². The van der Waals surface area contributed by atoms with Gasteiger partial charge in [0, 0.05) is 6.08 Å². The third kappa shape index (κ3) is 9.00. The molecule has 0 aliphatic carbocycles. The summed E-state index contributed by atoms with van der Waals surface area (Å²) in [6.07, 6.45) is 1.11. The topological polar surface area (TPSA) is 54.0 Å². The van der Waals surface area contributed by atoms with Gasteiger partial charge in [0.2, 0.25) is 0 Å². The smallest absolute Gasteiger partial charge is 0.330 e. The molecule has 0 aromatic carbocycles. The lowest BCUT2D eigenvalue weighted by Crippen LogP contribution is -2.11. The molecule has 0 fully saturated rings.